The maximum atomic E-state index is 12.1. The van der Waals surface area contributed by atoms with E-state index in [2.05, 4.69) is 10.6 Å². The predicted octanol–water partition coefficient (Wildman–Crippen LogP) is 0.703. The highest BCUT2D eigenvalue weighted by Gasteiger charge is 2.35. The Hall–Kier alpha value is -0.320. The summed E-state index contributed by atoms with van der Waals surface area (Å²) in [4.78, 5) is 12.1. The van der Waals surface area contributed by atoms with Crippen molar-refractivity contribution in [3.05, 3.63) is 0 Å². The summed E-state index contributed by atoms with van der Waals surface area (Å²) >= 11 is 0. The summed E-state index contributed by atoms with van der Waals surface area (Å²) < 4.78 is 5.25. The first-order valence-corrected chi connectivity index (χ1v) is 5.80. The molecule has 2 atom stereocenters. The number of halogens is 1. The highest BCUT2D eigenvalue weighted by molar-refractivity contribution is 5.85. The van der Waals surface area contributed by atoms with Crippen molar-refractivity contribution in [3.63, 3.8) is 0 Å². The lowest BCUT2D eigenvalue weighted by molar-refractivity contribution is -0.131. The molecule has 0 saturated carbocycles. The van der Waals surface area contributed by atoms with Crippen molar-refractivity contribution >= 4 is 18.3 Å². The van der Waals surface area contributed by atoms with E-state index in [-0.39, 0.29) is 29.8 Å². The molecule has 2 N–H and O–H groups in total. The number of carbonyl (C=O) groups is 1. The fourth-order valence-electron chi connectivity index (χ4n) is 2.26. The third-order valence-corrected chi connectivity index (χ3v) is 3.41. The summed E-state index contributed by atoms with van der Waals surface area (Å²) in [5.41, 5.74) is -0.221. The number of amides is 1. The average Bonchev–Trinajstić information content (AvgIpc) is 2.71. The van der Waals surface area contributed by atoms with E-state index in [1.54, 1.807) is 0 Å². The van der Waals surface area contributed by atoms with Crippen molar-refractivity contribution in [1.29, 1.82) is 0 Å². The largest absolute Gasteiger partial charge is 0.379 e. The number of rotatable bonds is 2. The van der Waals surface area contributed by atoms with Gasteiger partial charge in [0.05, 0.1) is 18.1 Å². The smallest absolute Gasteiger partial charge is 0.227 e. The molecule has 2 heterocycles. The second kappa shape index (κ2) is 5.84. The van der Waals surface area contributed by atoms with Crippen LogP contribution in [0.15, 0.2) is 0 Å². The molecule has 2 saturated heterocycles. The molecular formula is C11H21ClN2O2. The minimum Gasteiger partial charge on any atom is -0.379 e. The zero-order valence-corrected chi connectivity index (χ0v) is 10.6. The Kier molecular flexibility index (Phi) is 5.02. The van der Waals surface area contributed by atoms with Gasteiger partial charge in [0, 0.05) is 13.2 Å². The van der Waals surface area contributed by atoms with Gasteiger partial charge in [-0.2, -0.15) is 0 Å². The van der Waals surface area contributed by atoms with E-state index in [1.807, 2.05) is 6.92 Å². The van der Waals surface area contributed by atoms with Crippen molar-refractivity contribution in [3.8, 4) is 0 Å². The highest BCUT2D eigenvalue weighted by atomic mass is 35.5. The van der Waals surface area contributed by atoms with Gasteiger partial charge in [-0.25, -0.2) is 0 Å². The van der Waals surface area contributed by atoms with Crippen LogP contribution >= 0.6 is 12.4 Å². The summed E-state index contributed by atoms with van der Waals surface area (Å²) in [6, 6.07) is 0.233. The molecule has 0 aromatic carbocycles. The molecule has 0 aromatic rings. The van der Waals surface area contributed by atoms with Gasteiger partial charge < -0.3 is 15.4 Å². The molecule has 0 bridgehead atoms. The fraction of sp³-hybridized carbons (Fsp3) is 0.909. The molecule has 16 heavy (non-hydrogen) atoms. The van der Waals surface area contributed by atoms with Gasteiger partial charge in [0.2, 0.25) is 5.91 Å². The maximum absolute atomic E-state index is 12.1. The molecule has 4 nitrogen and oxygen atoms in total. The standard InChI is InChI=1S/C11H20N2O2.ClH/c1-11(4-2-5-12-8-11)10(14)13-9-3-6-15-7-9;/h9,12H,2-8H2,1H3,(H,13,14);1H. The van der Waals surface area contributed by atoms with E-state index in [0.29, 0.717) is 6.61 Å². The number of carbonyl (C=O) groups excluding carboxylic acids is 1. The van der Waals surface area contributed by atoms with Gasteiger partial charge in [-0.15, -0.1) is 12.4 Å². The zero-order valence-electron chi connectivity index (χ0n) is 9.75. The SMILES string of the molecule is CC1(C(=O)NC2CCOC2)CCCNC1.Cl. The van der Waals surface area contributed by atoms with Crippen LogP contribution in [0.3, 0.4) is 0 Å². The molecule has 2 aliphatic rings. The summed E-state index contributed by atoms with van der Waals surface area (Å²) in [5.74, 6) is 0.185. The number of piperidine rings is 1. The predicted molar refractivity (Wildman–Crippen MR) is 64.8 cm³/mol. The summed E-state index contributed by atoms with van der Waals surface area (Å²) in [6.45, 7) is 5.33. The van der Waals surface area contributed by atoms with Gasteiger partial charge in [-0.1, -0.05) is 0 Å². The Morgan fingerprint density at radius 1 is 1.56 bits per heavy atom. The summed E-state index contributed by atoms with van der Waals surface area (Å²) in [5, 5.41) is 6.37. The average molecular weight is 249 g/mol. The molecule has 2 unspecified atom stereocenters. The van der Waals surface area contributed by atoms with E-state index in [0.717, 1.165) is 39.0 Å². The molecule has 2 aliphatic heterocycles. The molecule has 0 spiro atoms. The molecule has 0 radical (unpaired) electrons. The van der Waals surface area contributed by atoms with Gasteiger partial charge in [-0.3, -0.25) is 4.79 Å². The van der Waals surface area contributed by atoms with Crippen LogP contribution in [0.25, 0.3) is 0 Å². The quantitative estimate of drug-likeness (QED) is 0.757. The van der Waals surface area contributed by atoms with Crippen LogP contribution in [0, 0.1) is 5.41 Å². The Morgan fingerprint density at radius 3 is 2.94 bits per heavy atom. The lowest BCUT2D eigenvalue weighted by Gasteiger charge is -2.33. The van der Waals surface area contributed by atoms with E-state index >= 15 is 0 Å². The molecular weight excluding hydrogens is 228 g/mol. The van der Waals surface area contributed by atoms with Crippen LogP contribution in [0.1, 0.15) is 26.2 Å². The van der Waals surface area contributed by atoms with E-state index in [4.69, 9.17) is 4.74 Å². The van der Waals surface area contributed by atoms with Gasteiger partial charge in [-0.05, 0) is 32.7 Å². The minimum atomic E-state index is -0.221. The number of ether oxygens (including phenoxy) is 1. The Bertz CT molecular complexity index is 236. The van der Waals surface area contributed by atoms with Crippen LogP contribution < -0.4 is 10.6 Å². The molecule has 2 rings (SSSR count). The van der Waals surface area contributed by atoms with Crippen LogP contribution in [0.4, 0.5) is 0 Å². The number of hydrogen-bond acceptors (Lipinski definition) is 3. The van der Waals surface area contributed by atoms with Crippen molar-refractivity contribution in [2.24, 2.45) is 5.41 Å². The Labute approximate surface area is 103 Å². The van der Waals surface area contributed by atoms with Gasteiger partial charge in [0.25, 0.3) is 0 Å². The lowest BCUT2D eigenvalue weighted by atomic mass is 9.81. The van der Waals surface area contributed by atoms with Crippen LogP contribution in [-0.4, -0.2) is 38.3 Å². The highest BCUT2D eigenvalue weighted by Crippen LogP contribution is 2.25. The molecule has 1 amide bonds. The minimum absolute atomic E-state index is 0. The van der Waals surface area contributed by atoms with Gasteiger partial charge in [0.1, 0.15) is 0 Å². The van der Waals surface area contributed by atoms with Crippen molar-refractivity contribution < 1.29 is 9.53 Å². The van der Waals surface area contributed by atoms with Gasteiger partial charge in [0.15, 0.2) is 0 Å². The first kappa shape index (κ1) is 13.7. The van der Waals surface area contributed by atoms with Crippen molar-refractivity contribution in [1.82, 2.24) is 10.6 Å². The molecule has 2 fully saturated rings. The van der Waals surface area contributed by atoms with Crippen LogP contribution in [0.5, 0.6) is 0 Å². The Balaban J connectivity index is 0.00000128. The number of hydrogen-bond donors (Lipinski definition) is 2. The second-order valence-electron chi connectivity index (χ2n) is 4.87. The summed E-state index contributed by atoms with van der Waals surface area (Å²) in [7, 11) is 0. The fourth-order valence-corrected chi connectivity index (χ4v) is 2.26. The molecule has 94 valence electrons. The monoisotopic (exact) mass is 248 g/mol. The molecule has 5 heteroatoms. The van der Waals surface area contributed by atoms with E-state index < -0.39 is 0 Å². The molecule has 0 aromatic heterocycles. The Morgan fingerprint density at radius 2 is 2.38 bits per heavy atom. The third-order valence-electron chi connectivity index (χ3n) is 3.41. The van der Waals surface area contributed by atoms with E-state index in [9.17, 15) is 4.79 Å². The topological polar surface area (TPSA) is 50.4 Å². The normalized spacial score (nSPS) is 34.2. The second-order valence-corrected chi connectivity index (χ2v) is 4.87. The zero-order chi connectivity index (χ0) is 10.7. The van der Waals surface area contributed by atoms with Crippen molar-refractivity contribution in [2.75, 3.05) is 26.3 Å². The van der Waals surface area contributed by atoms with Crippen LogP contribution in [-0.2, 0) is 9.53 Å². The van der Waals surface area contributed by atoms with Crippen LogP contribution in [0.2, 0.25) is 0 Å². The van der Waals surface area contributed by atoms with Gasteiger partial charge >= 0.3 is 0 Å². The lowest BCUT2D eigenvalue weighted by Crippen LogP contribution is -2.51. The van der Waals surface area contributed by atoms with E-state index in [1.165, 1.54) is 0 Å². The molecule has 0 aliphatic carbocycles. The van der Waals surface area contributed by atoms with Crippen molar-refractivity contribution in [2.45, 2.75) is 32.2 Å². The maximum Gasteiger partial charge on any atom is 0.227 e. The first-order valence-electron chi connectivity index (χ1n) is 5.80. The number of nitrogens with one attached hydrogen (secondary N) is 2. The third kappa shape index (κ3) is 3.09. The summed E-state index contributed by atoms with van der Waals surface area (Å²) in [6.07, 6.45) is 3.03. The first-order chi connectivity index (χ1) is 7.21.